The number of nitrogen functional groups attached to an aromatic ring is 1. The summed E-state index contributed by atoms with van der Waals surface area (Å²) in [6.45, 7) is -0.115. The van der Waals surface area contributed by atoms with E-state index in [9.17, 15) is 9.18 Å². The lowest BCUT2D eigenvalue weighted by molar-refractivity contribution is -0.0249. The highest BCUT2D eigenvalue weighted by Gasteiger charge is 2.27. The van der Waals surface area contributed by atoms with Crippen LogP contribution in [0.3, 0.4) is 0 Å². The number of nitrogens with zero attached hydrogens (tertiary/aromatic N) is 2. The van der Waals surface area contributed by atoms with Gasteiger partial charge in [0.2, 0.25) is 0 Å². The lowest BCUT2D eigenvalue weighted by Gasteiger charge is -2.14. The second-order valence-corrected chi connectivity index (χ2v) is 3.64. The zero-order valence-corrected chi connectivity index (χ0v) is 8.47. The Hall–Kier alpha value is -1.47. The first kappa shape index (κ1) is 11.0. The Morgan fingerprint density at radius 1 is 1.69 bits per heavy atom. The van der Waals surface area contributed by atoms with E-state index in [1.165, 1.54) is 0 Å². The average Bonchev–Trinajstić information content (AvgIpc) is 2.71. The van der Waals surface area contributed by atoms with Gasteiger partial charge in [0.05, 0.1) is 18.9 Å². The predicted octanol–water partition coefficient (Wildman–Crippen LogP) is -0.366. The predicted molar refractivity (Wildman–Crippen MR) is 53.1 cm³/mol. The van der Waals surface area contributed by atoms with Crippen LogP contribution in [0.4, 0.5) is 10.2 Å². The van der Waals surface area contributed by atoms with Crippen LogP contribution in [-0.2, 0) is 4.74 Å². The molecule has 0 saturated carbocycles. The van der Waals surface area contributed by atoms with Gasteiger partial charge in [-0.15, -0.1) is 0 Å². The molecule has 0 spiro atoms. The molecule has 1 aliphatic rings. The number of nitrogens with two attached hydrogens (primary N) is 1. The van der Waals surface area contributed by atoms with Gasteiger partial charge in [-0.05, 0) is 12.8 Å². The summed E-state index contributed by atoms with van der Waals surface area (Å²) in [5.41, 5.74) is 4.51. The topological polar surface area (TPSA) is 90.4 Å². The minimum absolute atomic E-state index is 0.115. The van der Waals surface area contributed by atoms with E-state index in [0.29, 0.717) is 12.8 Å². The number of halogens is 1. The van der Waals surface area contributed by atoms with E-state index in [1.807, 2.05) is 0 Å². The standard InChI is InChI=1S/C9H12FN3O3/c10-6-3-13(9(15)12-8(6)11)7-2-1-5(4-14)16-7/h3,5,7,14H,1-2,4H2,(H2,11,12,15)/t5-,7+/m0/s1. The number of ether oxygens (including phenoxy) is 1. The van der Waals surface area contributed by atoms with Crippen LogP contribution in [0.25, 0.3) is 0 Å². The number of aromatic nitrogens is 2. The number of aliphatic hydroxyl groups is 1. The molecule has 2 rings (SSSR count). The van der Waals surface area contributed by atoms with Gasteiger partial charge < -0.3 is 15.6 Å². The molecule has 0 aliphatic carbocycles. The molecule has 88 valence electrons. The molecule has 1 aliphatic heterocycles. The third-order valence-corrected chi connectivity index (χ3v) is 2.53. The Labute approximate surface area is 90.5 Å². The van der Waals surface area contributed by atoms with Gasteiger partial charge in [-0.3, -0.25) is 4.57 Å². The molecular formula is C9H12FN3O3. The molecule has 1 fully saturated rings. The lowest BCUT2D eigenvalue weighted by Crippen LogP contribution is -2.28. The minimum atomic E-state index is -0.754. The molecule has 6 nitrogen and oxygen atoms in total. The van der Waals surface area contributed by atoms with Crippen molar-refractivity contribution in [3.05, 3.63) is 22.5 Å². The third-order valence-electron chi connectivity index (χ3n) is 2.53. The zero-order valence-electron chi connectivity index (χ0n) is 8.47. The van der Waals surface area contributed by atoms with E-state index in [4.69, 9.17) is 15.6 Å². The van der Waals surface area contributed by atoms with Gasteiger partial charge in [0, 0.05) is 0 Å². The van der Waals surface area contributed by atoms with E-state index >= 15 is 0 Å². The highest BCUT2D eigenvalue weighted by atomic mass is 19.1. The van der Waals surface area contributed by atoms with E-state index in [0.717, 1.165) is 10.8 Å². The van der Waals surface area contributed by atoms with Gasteiger partial charge in [-0.25, -0.2) is 9.18 Å². The Bertz CT molecular complexity index is 448. The van der Waals surface area contributed by atoms with Crippen molar-refractivity contribution in [2.75, 3.05) is 12.3 Å². The number of hydrogen-bond donors (Lipinski definition) is 2. The zero-order chi connectivity index (χ0) is 11.7. The van der Waals surface area contributed by atoms with E-state index in [1.54, 1.807) is 0 Å². The van der Waals surface area contributed by atoms with Crippen molar-refractivity contribution in [1.82, 2.24) is 9.55 Å². The summed E-state index contributed by atoms with van der Waals surface area (Å²) in [5, 5.41) is 8.88. The average molecular weight is 229 g/mol. The SMILES string of the molecule is Nc1nc(=O)n([C@H]2CC[C@@H](CO)O2)cc1F. The van der Waals surface area contributed by atoms with Crippen LogP contribution < -0.4 is 11.4 Å². The highest BCUT2D eigenvalue weighted by Crippen LogP contribution is 2.26. The number of anilines is 1. The summed E-state index contributed by atoms with van der Waals surface area (Å²) in [6.07, 6.45) is 1.26. The maximum Gasteiger partial charge on any atom is 0.351 e. The van der Waals surface area contributed by atoms with Gasteiger partial charge in [-0.1, -0.05) is 0 Å². The van der Waals surface area contributed by atoms with Crippen molar-refractivity contribution in [3.8, 4) is 0 Å². The molecule has 0 amide bonds. The second-order valence-electron chi connectivity index (χ2n) is 3.64. The molecule has 0 radical (unpaired) electrons. The van der Waals surface area contributed by atoms with Crippen molar-refractivity contribution in [3.63, 3.8) is 0 Å². The molecule has 1 aromatic heterocycles. The molecular weight excluding hydrogens is 217 g/mol. The summed E-state index contributed by atoms with van der Waals surface area (Å²) in [4.78, 5) is 14.8. The van der Waals surface area contributed by atoms with Crippen molar-refractivity contribution >= 4 is 5.82 Å². The minimum Gasteiger partial charge on any atom is -0.394 e. The highest BCUT2D eigenvalue weighted by molar-refractivity contribution is 5.26. The van der Waals surface area contributed by atoms with Crippen LogP contribution >= 0.6 is 0 Å². The van der Waals surface area contributed by atoms with Crippen LogP contribution in [0.2, 0.25) is 0 Å². The number of hydrogen-bond acceptors (Lipinski definition) is 5. The first-order chi connectivity index (χ1) is 7.61. The Morgan fingerprint density at radius 3 is 3.06 bits per heavy atom. The third kappa shape index (κ3) is 1.91. The summed E-state index contributed by atoms with van der Waals surface area (Å²) < 4.78 is 19.5. The summed E-state index contributed by atoms with van der Waals surface area (Å²) in [5.74, 6) is -1.17. The Balaban J connectivity index is 2.28. The molecule has 0 aromatic carbocycles. The van der Waals surface area contributed by atoms with Gasteiger partial charge in [-0.2, -0.15) is 4.98 Å². The van der Waals surface area contributed by atoms with Crippen molar-refractivity contribution in [2.24, 2.45) is 0 Å². The quantitative estimate of drug-likeness (QED) is 0.722. The van der Waals surface area contributed by atoms with Crippen LogP contribution in [0.1, 0.15) is 19.1 Å². The maximum atomic E-state index is 13.1. The molecule has 3 N–H and O–H groups in total. The molecule has 2 heterocycles. The van der Waals surface area contributed by atoms with E-state index < -0.39 is 23.6 Å². The van der Waals surface area contributed by atoms with Gasteiger partial charge >= 0.3 is 5.69 Å². The molecule has 1 saturated heterocycles. The molecule has 16 heavy (non-hydrogen) atoms. The monoisotopic (exact) mass is 229 g/mol. The summed E-state index contributed by atoms with van der Waals surface area (Å²) in [6, 6.07) is 0. The van der Waals surface area contributed by atoms with Gasteiger partial charge in [0.15, 0.2) is 11.6 Å². The molecule has 0 unspecified atom stereocenters. The first-order valence-corrected chi connectivity index (χ1v) is 4.92. The fourth-order valence-electron chi connectivity index (χ4n) is 1.69. The van der Waals surface area contributed by atoms with Crippen molar-refractivity contribution < 1.29 is 14.2 Å². The normalized spacial score (nSPS) is 24.9. The van der Waals surface area contributed by atoms with Crippen LogP contribution in [-0.4, -0.2) is 27.4 Å². The lowest BCUT2D eigenvalue weighted by atomic mass is 10.2. The Morgan fingerprint density at radius 2 is 2.44 bits per heavy atom. The first-order valence-electron chi connectivity index (χ1n) is 4.92. The van der Waals surface area contributed by atoms with Crippen LogP contribution in [0.15, 0.2) is 11.0 Å². The fourth-order valence-corrected chi connectivity index (χ4v) is 1.69. The van der Waals surface area contributed by atoms with Crippen LogP contribution in [0.5, 0.6) is 0 Å². The summed E-state index contributed by atoms with van der Waals surface area (Å²) >= 11 is 0. The number of aliphatic hydroxyl groups excluding tert-OH is 1. The van der Waals surface area contributed by atoms with Gasteiger partial charge in [0.25, 0.3) is 0 Å². The Kier molecular flexibility index (Phi) is 2.88. The van der Waals surface area contributed by atoms with E-state index in [2.05, 4.69) is 4.98 Å². The van der Waals surface area contributed by atoms with Gasteiger partial charge in [0.1, 0.15) is 6.23 Å². The van der Waals surface area contributed by atoms with E-state index in [-0.39, 0.29) is 12.7 Å². The van der Waals surface area contributed by atoms with Crippen LogP contribution in [0, 0.1) is 5.82 Å². The summed E-state index contributed by atoms with van der Waals surface area (Å²) in [7, 11) is 0. The van der Waals surface area contributed by atoms with Crippen molar-refractivity contribution in [1.29, 1.82) is 0 Å². The largest absolute Gasteiger partial charge is 0.394 e. The molecule has 2 atom stereocenters. The smallest absolute Gasteiger partial charge is 0.351 e. The fraction of sp³-hybridized carbons (Fsp3) is 0.556. The molecule has 7 heteroatoms. The van der Waals surface area contributed by atoms with Crippen molar-refractivity contribution in [2.45, 2.75) is 25.2 Å². The number of rotatable bonds is 2. The molecule has 1 aromatic rings. The molecule has 0 bridgehead atoms. The second kappa shape index (κ2) is 4.18. The maximum absolute atomic E-state index is 13.1.